The van der Waals surface area contributed by atoms with Gasteiger partial charge in [0.25, 0.3) is 9.84 Å². The lowest BCUT2D eigenvalue weighted by Gasteiger charge is -2.13. The Hall–Kier alpha value is -2.17. The van der Waals surface area contributed by atoms with Gasteiger partial charge in [0.1, 0.15) is 17.6 Å². The summed E-state index contributed by atoms with van der Waals surface area (Å²) in [6.07, 6.45) is -4.84. The summed E-state index contributed by atoms with van der Waals surface area (Å²) >= 11 is 11.4. The van der Waals surface area contributed by atoms with Gasteiger partial charge in [0.05, 0.1) is 15.6 Å². The first-order valence-corrected chi connectivity index (χ1v) is 8.53. The van der Waals surface area contributed by atoms with Crippen LogP contribution in [0.5, 0.6) is 0 Å². The predicted molar refractivity (Wildman–Crippen MR) is 81.0 cm³/mol. The maximum Gasteiger partial charge on any atom is 0.502 e. The molecule has 0 spiro atoms. The van der Waals surface area contributed by atoms with Crippen molar-refractivity contribution >= 4 is 38.9 Å². The van der Waals surface area contributed by atoms with E-state index >= 15 is 0 Å². The first-order valence-electron chi connectivity index (χ1n) is 6.29. The van der Waals surface area contributed by atoms with Crippen LogP contribution in [-0.2, 0) is 16.0 Å². The highest BCUT2D eigenvalue weighted by molar-refractivity contribution is 7.92. The summed E-state index contributed by atoms with van der Waals surface area (Å²) in [7, 11) is -6.09. The third-order valence-electron chi connectivity index (χ3n) is 3.11. The summed E-state index contributed by atoms with van der Waals surface area (Å²) < 4.78 is 100. The molecule has 0 bridgehead atoms. The monoisotopic (exact) mass is 456 g/mol. The smallest absolute Gasteiger partial charge is 0.382 e. The van der Waals surface area contributed by atoms with E-state index in [1.54, 1.807) is 0 Å². The van der Waals surface area contributed by atoms with Crippen LogP contribution in [0.15, 0.2) is 17.0 Å². The van der Waals surface area contributed by atoms with Crippen LogP contribution in [0.2, 0.25) is 10.0 Å². The van der Waals surface area contributed by atoms with E-state index < -0.39 is 59.2 Å². The average Bonchev–Trinajstić information content (AvgIpc) is 2.81. The van der Waals surface area contributed by atoms with E-state index in [1.165, 1.54) is 0 Å². The van der Waals surface area contributed by atoms with Crippen LogP contribution in [-0.4, -0.2) is 23.7 Å². The molecule has 1 aromatic carbocycles. The van der Waals surface area contributed by atoms with Crippen molar-refractivity contribution in [3.63, 3.8) is 0 Å². The standard InChI is InChI=1S/C12H4Cl2F6N4O2S/c13-5-1-4(11(15,16)17)2-6(14)8(5)24-10(22)9(7(3-21)23-24)27(25,26)12(18,19)20/h1-2H,22H2/i3+1,10+1,21+1,22+1. The molecule has 0 aliphatic heterocycles. The normalized spacial score (nSPS) is 12.9. The zero-order valence-electron chi connectivity index (χ0n) is 12.3. The molecule has 146 valence electrons. The fraction of sp³-hybridized carbons (Fsp3) is 0.167. The van der Waals surface area contributed by atoms with Gasteiger partial charge in [-0.25, -0.2) is 13.1 Å². The molecule has 1 aromatic heterocycles. The predicted octanol–water partition coefficient (Wildman–Crippen LogP) is 3.95. The Balaban J connectivity index is 2.83. The van der Waals surface area contributed by atoms with E-state index in [-0.39, 0.29) is 4.68 Å². The van der Waals surface area contributed by atoms with Crippen molar-refractivity contribution in [1.82, 2.24) is 9.78 Å². The third-order valence-corrected chi connectivity index (χ3v) is 5.24. The Morgan fingerprint density at radius 1 is 1.11 bits per heavy atom. The van der Waals surface area contributed by atoms with Crippen LogP contribution in [0.4, 0.5) is 32.2 Å². The summed E-state index contributed by atoms with van der Waals surface area (Å²) in [5.74, 6) is -1.20. The highest BCUT2D eigenvalue weighted by Crippen LogP contribution is 2.41. The van der Waals surface area contributed by atoms with Crippen molar-refractivity contribution in [3.8, 4) is 11.8 Å². The van der Waals surface area contributed by atoms with E-state index in [9.17, 15) is 34.8 Å². The highest BCUT2D eigenvalue weighted by Gasteiger charge is 2.51. The topological polar surface area (TPSA) is 102 Å². The van der Waals surface area contributed by atoms with Crippen molar-refractivity contribution in [3.05, 3.63) is 33.4 Å². The Bertz CT molecular complexity index is 1050. The maximum absolute atomic E-state index is 12.8. The molecule has 27 heavy (non-hydrogen) atoms. The number of hydrogen-bond donors (Lipinski definition) is 1. The number of hydrogen-bond acceptors (Lipinski definition) is 5. The minimum Gasteiger partial charge on any atom is -0.382 e. The van der Waals surface area contributed by atoms with E-state index in [1.807, 2.05) is 0 Å². The van der Waals surface area contributed by atoms with Gasteiger partial charge in [0.2, 0.25) is 0 Å². The molecule has 0 aliphatic rings. The Morgan fingerprint density at radius 2 is 1.59 bits per heavy atom. The molecule has 0 saturated carbocycles. The van der Waals surface area contributed by atoms with Crippen molar-refractivity contribution in [2.45, 2.75) is 16.6 Å². The number of sulfone groups is 1. The lowest BCUT2D eigenvalue weighted by molar-refractivity contribution is -0.137. The fourth-order valence-corrected chi connectivity index (χ4v) is 3.55. The van der Waals surface area contributed by atoms with Gasteiger partial charge in [-0.15, -0.1) is 0 Å². The molecule has 0 amide bonds. The molecule has 0 fully saturated rings. The number of nitrogens with two attached hydrogens (primary N) is 1. The van der Waals surface area contributed by atoms with E-state index in [4.69, 9.17) is 34.2 Å². The molecule has 1 heterocycles. The summed E-state index contributed by atoms with van der Waals surface area (Å²) in [5.41, 5.74) is -3.58. The minimum atomic E-state index is -6.09. The second-order valence-corrected chi connectivity index (χ2v) is 7.51. The maximum atomic E-state index is 12.8. The van der Waals surface area contributed by atoms with Gasteiger partial charge in [0, 0.05) is 0 Å². The van der Waals surface area contributed by atoms with Gasteiger partial charge in [-0.1, -0.05) is 23.2 Å². The fourth-order valence-electron chi connectivity index (χ4n) is 1.97. The number of benzene rings is 1. The van der Waals surface area contributed by atoms with Gasteiger partial charge in [0.15, 0.2) is 10.6 Å². The van der Waals surface area contributed by atoms with Crippen molar-refractivity contribution in [2.24, 2.45) is 0 Å². The molecular formula is C12H4Cl2F6N4O2S. The molecule has 0 aliphatic carbocycles. The summed E-state index contributed by atoms with van der Waals surface area (Å²) in [4.78, 5) is -1.66. The van der Waals surface area contributed by atoms with Crippen LogP contribution in [0.25, 0.3) is 5.69 Å². The average molecular weight is 457 g/mol. The van der Waals surface area contributed by atoms with Crippen molar-refractivity contribution < 1.29 is 34.8 Å². The molecule has 0 saturated heterocycles. The molecule has 2 N–H and O–H groups in total. The molecule has 2 aromatic rings. The Labute approximate surface area is 156 Å². The van der Waals surface area contributed by atoms with Crippen molar-refractivity contribution in [1.29, 1.82) is 5.26 Å². The molecule has 15 heteroatoms. The lowest BCUT2D eigenvalue weighted by atomic mass is 10.2. The van der Waals surface area contributed by atoms with Crippen LogP contribution >= 0.6 is 23.2 Å². The van der Waals surface area contributed by atoms with Crippen molar-refractivity contribution in [2.75, 3.05) is 5.73 Å². The third kappa shape index (κ3) is 3.52. The van der Waals surface area contributed by atoms with Gasteiger partial charge in [-0.05, 0) is 12.1 Å². The largest absolute Gasteiger partial charge is 0.502 e. The molecule has 6 nitrogen and oxygen atoms in total. The van der Waals surface area contributed by atoms with Gasteiger partial charge in [-0.2, -0.15) is 36.7 Å². The van der Waals surface area contributed by atoms with Crippen LogP contribution < -0.4 is 5.73 Å². The second-order valence-electron chi connectivity index (χ2n) is 4.82. The zero-order valence-corrected chi connectivity index (χ0v) is 14.7. The van der Waals surface area contributed by atoms with Gasteiger partial charge < -0.3 is 5.73 Å². The Morgan fingerprint density at radius 3 is 1.96 bits per heavy atom. The number of rotatable bonds is 2. The number of halogens is 8. The van der Waals surface area contributed by atoms with E-state index in [0.29, 0.717) is 12.1 Å². The van der Waals surface area contributed by atoms with Crippen LogP contribution in [0.1, 0.15) is 11.3 Å². The van der Waals surface area contributed by atoms with Crippen LogP contribution in [0, 0.1) is 11.3 Å². The molecule has 0 radical (unpaired) electrons. The number of nitrogen functional groups attached to an aromatic ring is 1. The lowest BCUT2D eigenvalue weighted by Crippen LogP contribution is -2.24. The number of anilines is 1. The number of nitriles is 1. The summed E-state index contributed by atoms with van der Waals surface area (Å²) in [6, 6.07) is 1.89. The molecular weight excluding hydrogens is 453 g/mol. The summed E-state index contributed by atoms with van der Waals surface area (Å²) in [6.45, 7) is 0. The van der Waals surface area contributed by atoms with Gasteiger partial charge in [-0.3, -0.25) is 0 Å². The molecule has 0 atom stereocenters. The second kappa shape index (κ2) is 6.47. The number of alkyl halides is 6. The quantitative estimate of drug-likeness (QED) is 0.418. The number of nitrogens with zero attached hydrogens (tertiary/aromatic N) is 3. The highest BCUT2D eigenvalue weighted by atomic mass is 35.5. The first kappa shape index (κ1) is 21.1. The SMILES string of the molecule is [15N]#[13C]c1nn(-c2c(Cl)cc(C(F)(F)F)cc2Cl)[13c]([15NH2])c1S(=O)(=O)C(F)(F)F. The molecule has 0 unspecified atom stereocenters. The molecule has 2 rings (SSSR count). The zero-order chi connectivity index (χ0) is 20.9. The van der Waals surface area contributed by atoms with E-state index in [0.717, 1.165) is 6.07 Å². The van der Waals surface area contributed by atoms with Gasteiger partial charge >= 0.3 is 11.7 Å². The summed E-state index contributed by atoms with van der Waals surface area (Å²) in [5, 5.41) is 10.7. The van der Waals surface area contributed by atoms with Crippen LogP contribution in [0.3, 0.4) is 0 Å². The Kier molecular flexibility index (Phi) is 5.06. The number of aromatic nitrogens is 2. The minimum absolute atomic E-state index is 0.252. The van der Waals surface area contributed by atoms with E-state index in [2.05, 4.69) is 5.10 Å². The first-order chi connectivity index (χ1) is 12.1.